The smallest absolute Gasteiger partial charge is 0.246 e. The molecule has 0 aliphatic carbocycles. The van der Waals surface area contributed by atoms with Gasteiger partial charge in [0.15, 0.2) is 5.82 Å². The van der Waals surface area contributed by atoms with Crippen molar-refractivity contribution in [3.63, 3.8) is 0 Å². The number of ether oxygens (including phenoxy) is 2. The Balaban J connectivity index is 1.63. The summed E-state index contributed by atoms with van der Waals surface area (Å²) in [5.74, 6) is 2.34. The first-order valence-electron chi connectivity index (χ1n) is 9.92. The number of nitriles is 1. The maximum Gasteiger partial charge on any atom is 0.246 e. The van der Waals surface area contributed by atoms with E-state index >= 15 is 0 Å². The summed E-state index contributed by atoms with van der Waals surface area (Å²) >= 11 is 0. The van der Waals surface area contributed by atoms with Crippen LogP contribution in [0.4, 0.5) is 5.69 Å². The quantitative estimate of drug-likeness (QED) is 0.619. The normalized spacial score (nSPS) is 15.4. The number of benzene rings is 2. The molecule has 0 bridgehead atoms. The van der Waals surface area contributed by atoms with Gasteiger partial charge in [0, 0.05) is 18.2 Å². The fraction of sp³-hybridized carbons (Fsp3) is 0.261. The molecule has 1 saturated heterocycles. The van der Waals surface area contributed by atoms with E-state index in [9.17, 15) is 5.26 Å². The Bertz CT molecular complexity index is 1040. The minimum atomic E-state index is 0.422. The molecule has 30 heavy (non-hydrogen) atoms. The van der Waals surface area contributed by atoms with Gasteiger partial charge >= 0.3 is 0 Å². The number of aromatic nitrogens is 2. The van der Waals surface area contributed by atoms with E-state index < -0.39 is 0 Å². The van der Waals surface area contributed by atoms with Crippen LogP contribution in [0.1, 0.15) is 18.4 Å². The van der Waals surface area contributed by atoms with E-state index in [4.69, 9.17) is 9.47 Å². The fourth-order valence-electron chi connectivity index (χ4n) is 3.35. The Morgan fingerprint density at radius 1 is 1.20 bits per heavy atom. The highest BCUT2D eigenvalue weighted by Gasteiger charge is 2.16. The van der Waals surface area contributed by atoms with Crippen molar-refractivity contribution in [3.8, 4) is 34.8 Å². The molecule has 152 valence electrons. The fourth-order valence-corrected chi connectivity index (χ4v) is 3.35. The van der Waals surface area contributed by atoms with Crippen LogP contribution in [0.25, 0.3) is 11.4 Å². The molecule has 1 aromatic heterocycles. The second-order valence-corrected chi connectivity index (χ2v) is 7.06. The molecule has 1 atom stereocenters. The van der Waals surface area contributed by atoms with E-state index in [0.717, 1.165) is 36.5 Å². The molecule has 2 heterocycles. The predicted molar refractivity (Wildman–Crippen MR) is 115 cm³/mol. The minimum Gasteiger partial charge on any atom is -0.497 e. The van der Waals surface area contributed by atoms with Gasteiger partial charge in [0.1, 0.15) is 17.2 Å². The van der Waals surface area contributed by atoms with Gasteiger partial charge in [-0.1, -0.05) is 12.1 Å². The SMILES string of the molecule is COc1ccc(Oc2nc(-c3cccc(C#N)c3)ncc2NC[C@@H]2CCCN2)cc1. The maximum absolute atomic E-state index is 9.18. The summed E-state index contributed by atoms with van der Waals surface area (Å²) in [5.41, 5.74) is 2.04. The Hall–Kier alpha value is -3.63. The van der Waals surface area contributed by atoms with Gasteiger partial charge in [-0.3, -0.25) is 0 Å². The zero-order valence-electron chi connectivity index (χ0n) is 16.8. The van der Waals surface area contributed by atoms with Crippen molar-refractivity contribution >= 4 is 5.69 Å². The van der Waals surface area contributed by atoms with Crippen LogP contribution in [0.5, 0.6) is 17.4 Å². The van der Waals surface area contributed by atoms with E-state index in [0.29, 0.717) is 29.1 Å². The monoisotopic (exact) mass is 401 g/mol. The molecule has 0 spiro atoms. The summed E-state index contributed by atoms with van der Waals surface area (Å²) in [4.78, 5) is 9.14. The third kappa shape index (κ3) is 4.67. The first-order chi connectivity index (χ1) is 14.7. The lowest BCUT2D eigenvalue weighted by atomic mass is 10.1. The average Bonchev–Trinajstić information content (AvgIpc) is 3.32. The van der Waals surface area contributed by atoms with E-state index in [1.165, 1.54) is 6.42 Å². The minimum absolute atomic E-state index is 0.422. The lowest BCUT2D eigenvalue weighted by molar-refractivity contribution is 0.412. The Morgan fingerprint density at radius 2 is 2.03 bits per heavy atom. The number of nitrogens with zero attached hydrogens (tertiary/aromatic N) is 3. The van der Waals surface area contributed by atoms with Gasteiger partial charge in [0.25, 0.3) is 0 Å². The highest BCUT2D eigenvalue weighted by atomic mass is 16.5. The van der Waals surface area contributed by atoms with Crippen LogP contribution in [0.15, 0.2) is 54.7 Å². The van der Waals surface area contributed by atoms with Gasteiger partial charge in [-0.05, 0) is 55.8 Å². The van der Waals surface area contributed by atoms with E-state index in [1.54, 1.807) is 25.4 Å². The summed E-state index contributed by atoms with van der Waals surface area (Å²) in [6.45, 7) is 1.82. The van der Waals surface area contributed by atoms with Gasteiger partial charge in [-0.15, -0.1) is 0 Å². The third-order valence-corrected chi connectivity index (χ3v) is 4.98. The molecule has 0 radical (unpaired) electrons. The zero-order valence-corrected chi connectivity index (χ0v) is 16.8. The van der Waals surface area contributed by atoms with Crippen molar-refractivity contribution < 1.29 is 9.47 Å². The van der Waals surface area contributed by atoms with Gasteiger partial charge in [-0.2, -0.15) is 10.2 Å². The van der Waals surface area contributed by atoms with Crippen LogP contribution < -0.4 is 20.1 Å². The molecule has 0 saturated carbocycles. The number of nitrogens with one attached hydrogen (secondary N) is 2. The molecule has 2 N–H and O–H groups in total. The van der Waals surface area contributed by atoms with Crippen LogP contribution in [-0.2, 0) is 0 Å². The lowest BCUT2D eigenvalue weighted by Gasteiger charge is -2.16. The third-order valence-electron chi connectivity index (χ3n) is 4.98. The molecule has 7 heteroatoms. The van der Waals surface area contributed by atoms with Crippen LogP contribution in [0, 0.1) is 11.3 Å². The summed E-state index contributed by atoms with van der Waals surface area (Å²) in [6.07, 6.45) is 4.06. The van der Waals surface area contributed by atoms with E-state index in [-0.39, 0.29) is 0 Å². The van der Waals surface area contributed by atoms with Crippen LogP contribution in [0.2, 0.25) is 0 Å². The van der Waals surface area contributed by atoms with E-state index in [1.807, 2.05) is 36.4 Å². The van der Waals surface area contributed by atoms with Crippen molar-refractivity contribution in [1.82, 2.24) is 15.3 Å². The van der Waals surface area contributed by atoms with Gasteiger partial charge in [0.05, 0.1) is 24.9 Å². The molecule has 0 amide bonds. The maximum atomic E-state index is 9.18. The summed E-state index contributed by atoms with van der Waals surface area (Å²) in [7, 11) is 1.63. The number of hydrogen-bond donors (Lipinski definition) is 2. The largest absolute Gasteiger partial charge is 0.497 e. The zero-order chi connectivity index (χ0) is 20.8. The summed E-state index contributed by atoms with van der Waals surface area (Å²) < 4.78 is 11.3. The molecular formula is C23H23N5O2. The van der Waals surface area contributed by atoms with Crippen LogP contribution >= 0.6 is 0 Å². The van der Waals surface area contributed by atoms with Crippen molar-refractivity contribution in [2.45, 2.75) is 18.9 Å². The number of rotatable bonds is 7. The second kappa shape index (κ2) is 9.25. The molecule has 2 aromatic carbocycles. The molecule has 1 aliphatic heterocycles. The van der Waals surface area contributed by atoms with Crippen LogP contribution in [-0.4, -0.2) is 36.2 Å². The highest BCUT2D eigenvalue weighted by molar-refractivity contribution is 5.62. The highest BCUT2D eigenvalue weighted by Crippen LogP contribution is 2.30. The molecule has 0 unspecified atom stereocenters. The summed E-state index contributed by atoms with van der Waals surface area (Å²) in [5, 5.41) is 16.1. The summed E-state index contributed by atoms with van der Waals surface area (Å²) in [6, 6.07) is 17.1. The van der Waals surface area contributed by atoms with Gasteiger partial charge in [-0.25, -0.2) is 4.98 Å². The number of methoxy groups -OCH3 is 1. The Morgan fingerprint density at radius 3 is 2.77 bits per heavy atom. The van der Waals surface area contributed by atoms with Gasteiger partial charge < -0.3 is 20.1 Å². The van der Waals surface area contributed by atoms with Gasteiger partial charge in [0.2, 0.25) is 5.88 Å². The predicted octanol–water partition coefficient (Wildman–Crippen LogP) is 3.98. The van der Waals surface area contributed by atoms with Crippen LogP contribution in [0.3, 0.4) is 0 Å². The molecule has 4 rings (SSSR count). The average molecular weight is 401 g/mol. The molecule has 7 nitrogen and oxygen atoms in total. The van der Waals surface area contributed by atoms with Crippen molar-refractivity contribution in [2.75, 3.05) is 25.5 Å². The number of hydrogen-bond acceptors (Lipinski definition) is 7. The van der Waals surface area contributed by atoms with E-state index in [2.05, 4.69) is 26.7 Å². The van der Waals surface area contributed by atoms with Crippen molar-refractivity contribution in [1.29, 1.82) is 5.26 Å². The molecule has 1 fully saturated rings. The standard InChI is InChI=1S/C23H23N5O2/c1-29-19-7-9-20(10-8-19)30-23-21(26-14-18-6-3-11-25-18)15-27-22(28-23)17-5-2-4-16(12-17)13-24/h2,4-5,7-10,12,15,18,25-26H,3,6,11,14H2,1H3/t18-/m0/s1. The molecule has 3 aromatic rings. The van der Waals surface area contributed by atoms with Crippen molar-refractivity contribution in [2.24, 2.45) is 0 Å². The number of anilines is 1. The Labute approximate surface area is 175 Å². The topological polar surface area (TPSA) is 92.1 Å². The lowest BCUT2D eigenvalue weighted by Crippen LogP contribution is -2.29. The first kappa shape index (κ1) is 19.7. The Kier molecular flexibility index (Phi) is 6.06. The second-order valence-electron chi connectivity index (χ2n) is 7.06. The van der Waals surface area contributed by atoms with Crippen molar-refractivity contribution in [3.05, 3.63) is 60.3 Å². The first-order valence-corrected chi connectivity index (χ1v) is 9.92. The molecule has 1 aliphatic rings. The molecular weight excluding hydrogens is 378 g/mol.